The maximum atomic E-state index is 3.91. The second-order valence-electron chi connectivity index (χ2n) is 7.52. The highest BCUT2D eigenvalue weighted by molar-refractivity contribution is 6.77. The highest BCUT2D eigenvalue weighted by Crippen LogP contribution is 2.41. The Morgan fingerprint density at radius 3 is 2.14 bits per heavy atom. The van der Waals surface area contributed by atoms with Gasteiger partial charge in [-0.3, -0.25) is 0 Å². The minimum Gasteiger partial charge on any atom is -0.332 e. The van der Waals surface area contributed by atoms with Crippen LogP contribution >= 0.6 is 0 Å². The summed E-state index contributed by atoms with van der Waals surface area (Å²) < 4.78 is 0. The maximum absolute atomic E-state index is 3.91. The summed E-state index contributed by atoms with van der Waals surface area (Å²) in [6, 6.07) is 8.84. The smallest absolute Gasteiger partial charge is 0.131 e. The molecule has 2 heteroatoms. The van der Waals surface area contributed by atoms with Crippen molar-refractivity contribution in [3.8, 4) is 0 Å². The van der Waals surface area contributed by atoms with E-state index in [1.165, 1.54) is 16.7 Å². The van der Waals surface area contributed by atoms with Gasteiger partial charge in [-0.1, -0.05) is 74.3 Å². The molecule has 0 saturated carbocycles. The average molecular weight is 314 g/mol. The minimum absolute atomic E-state index is 0.188. The quantitative estimate of drug-likeness (QED) is 0.559. The summed E-state index contributed by atoms with van der Waals surface area (Å²) in [5.74, 6) is 0. The zero-order valence-corrected chi connectivity index (χ0v) is 16.0. The zero-order valence-electron chi connectivity index (χ0n) is 15.0. The number of hydrogen-bond donors (Lipinski definition) is 1. The van der Waals surface area contributed by atoms with Crippen molar-refractivity contribution >= 4 is 14.3 Å². The summed E-state index contributed by atoms with van der Waals surface area (Å²) in [5, 5.41) is 0. The van der Waals surface area contributed by atoms with Gasteiger partial charge in [0.05, 0.1) is 0 Å². The Kier molecular flexibility index (Phi) is 6.15. The molecule has 0 aliphatic heterocycles. The Morgan fingerprint density at radius 2 is 1.64 bits per heavy atom. The fourth-order valence-corrected chi connectivity index (χ4v) is 7.82. The van der Waals surface area contributed by atoms with Crippen LogP contribution < -0.4 is 4.98 Å². The third-order valence-electron chi connectivity index (χ3n) is 3.73. The van der Waals surface area contributed by atoms with Crippen LogP contribution in [0.3, 0.4) is 0 Å². The van der Waals surface area contributed by atoms with Crippen LogP contribution in [0, 0.1) is 0 Å². The summed E-state index contributed by atoms with van der Waals surface area (Å²) >= 11 is 0. The van der Waals surface area contributed by atoms with Gasteiger partial charge in [0.15, 0.2) is 0 Å². The molecular formula is C20H31NSi. The van der Waals surface area contributed by atoms with E-state index < -0.39 is 8.24 Å². The molecule has 1 unspecified atom stereocenters. The molecule has 0 radical (unpaired) electrons. The van der Waals surface area contributed by atoms with Gasteiger partial charge in [-0.05, 0) is 38.8 Å². The number of allylic oxidation sites excluding steroid dienone is 3. The predicted molar refractivity (Wildman–Crippen MR) is 104 cm³/mol. The second-order valence-corrected chi connectivity index (χ2v) is 11.8. The molecule has 1 aromatic rings. The van der Waals surface area contributed by atoms with Crippen LogP contribution in [-0.4, -0.2) is 13.8 Å². The van der Waals surface area contributed by atoms with Crippen LogP contribution in [-0.2, 0) is 0 Å². The largest absolute Gasteiger partial charge is 0.332 e. The van der Waals surface area contributed by atoms with E-state index in [1.807, 2.05) is 0 Å². The fourth-order valence-electron chi connectivity index (χ4n) is 3.48. The third kappa shape index (κ3) is 4.82. The molecule has 1 atom stereocenters. The van der Waals surface area contributed by atoms with Crippen LogP contribution in [0.4, 0.5) is 0 Å². The van der Waals surface area contributed by atoms with Crippen LogP contribution in [0.1, 0.15) is 44.4 Å². The number of hydrogen-bond acceptors (Lipinski definition) is 1. The maximum Gasteiger partial charge on any atom is 0.131 e. The van der Waals surface area contributed by atoms with Crippen LogP contribution in [0.25, 0.3) is 6.08 Å². The summed E-state index contributed by atoms with van der Waals surface area (Å²) in [4.78, 5) is 3.91. The Hall–Kier alpha value is -1.38. The zero-order chi connectivity index (χ0) is 17.0. The van der Waals surface area contributed by atoms with E-state index in [0.717, 1.165) is 0 Å². The van der Waals surface area contributed by atoms with Gasteiger partial charge in [0, 0.05) is 11.1 Å². The lowest BCUT2D eigenvalue weighted by atomic mass is 10.1. The predicted octanol–water partition coefficient (Wildman–Crippen LogP) is 5.68. The van der Waals surface area contributed by atoms with Crippen LogP contribution in [0.5, 0.6) is 0 Å². The highest BCUT2D eigenvalue weighted by Gasteiger charge is 2.39. The highest BCUT2D eigenvalue weighted by atomic mass is 28.3. The van der Waals surface area contributed by atoms with Crippen molar-refractivity contribution in [2.75, 3.05) is 0 Å². The molecule has 2 rings (SSSR count). The molecule has 0 heterocycles. The molecule has 1 aliphatic rings. The molecule has 120 valence electrons. The molecule has 22 heavy (non-hydrogen) atoms. The standard InChI is InChI=1S/C16H25NSi.C4H6/c1-12-11-13-9-7-8-10-14(13)15(12)18(5,6)17-16(2,3)4;1-3-4-2/h7-11,15,17H,1-6H3;3-4H,1-2H2. The van der Waals surface area contributed by atoms with Gasteiger partial charge < -0.3 is 4.98 Å². The molecule has 1 aromatic carbocycles. The van der Waals surface area contributed by atoms with Crippen LogP contribution in [0.15, 0.2) is 55.1 Å². The van der Waals surface area contributed by atoms with Crippen molar-refractivity contribution in [1.82, 2.24) is 4.98 Å². The normalized spacial score (nSPS) is 17.0. The van der Waals surface area contributed by atoms with E-state index in [0.29, 0.717) is 5.54 Å². The topological polar surface area (TPSA) is 12.0 Å². The lowest BCUT2D eigenvalue weighted by molar-refractivity contribution is 0.508. The van der Waals surface area contributed by atoms with Gasteiger partial charge in [0.2, 0.25) is 0 Å². The molecule has 0 saturated heterocycles. The van der Waals surface area contributed by atoms with E-state index in [2.05, 4.69) is 89.3 Å². The first-order valence-electron chi connectivity index (χ1n) is 7.92. The van der Waals surface area contributed by atoms with Crippen molar-refractivity contribution in [2.24, 2.45) is 0 Å². The molecule has 1 aliphatic carbocycles. The summed E-state index contributed by atoms with van der Waals surface area (Å²) in [6.45, 7) is 20.7. The fraction of sp³-hybridized carbons (Fsp3) is 0.400. The van der Waals surface area contributed by atoms with Crippen molar-refractivity contribution in [3.05, 3.63) is 66.3 Å². The molecule has 0 bridgehead atoms. The van der Waals surface area contributed by atoms with Gasteiger partial charge in [0.25, 0.3) is 0 Å². The molecule has 0 spiro atoms. The minimum atomic E-state index is -1.54. The Bertz CT molecular complexity index is 555. The van der Waals surface area contributed by atoms with E-state index in [9.17, 15) is 0 Å². The Morgan fingerprint density at radius 1 is 1.09 bits per heavy atom. The summed E-state index contributed by atoms with van der Waals surface area (Å²) in [6.07, 6.45) is 5.64. The monoisotopic (exact) mass is 313 g/mol. The van der Waals surface area contributed by atoms with Crippen molar-refractivity contribution < 1.29 is 0 Å². The van der Waals surface area contributed by atoms with Gasteiger partial charge in [-0.25, -0.2) is 0 Å². The number of fused-ring (bicyclic) bond motifs is 1. The van der Waals surface area contributed by atoms with E-state index in [-0.39, 0.29) is 5.54 Å². The molecule has 0 aromatic heterocycles. The Balaban J connectivity index is 0.000000541. The first kappa shape index (κ1) is 18.7. The molecule has 1 N–H and O–H groups in total. The van der Waals surface area contributed by atoms with Gasteiger partial charge in [-0.2, -0.15) is 0 Å². The number of rotatable bonds is 3. The van der Waals surface area contributed by atoms with Crippen LogP contribution in [0.2, 0.25) is 13.1 Å². The SMILES string of the molecule is C=CC=C.CC1=Cc2ccccc2C1[Si](C)(C)NC(C)(C)C. The lowest BCUT2D eigenvalue weighted by Gasteiger charge is -2.38. The number of nitrogens with one attached hydrogen (secondary N) is 1. The second kappa shape index (κ2) is 7.25. The van der Waals surface area contributed by atoms with Crippen molar-refractivity contribution in [2.45, 2.75) is 51.9 Å². The average Bonchev–Trinajstić information content (AvgIpc) is 2.72. The summed E-state index contributed by atoms with van der Waals surface area (Å²) in [5.41, 5.74) is 5.24. The van der Waals surface area contributed by atoms with E-state index >= 15 is 0 Å². The Labute approximate surface area is 137 Å². The lowest BCUT2D eigenvalue weighted by Crippen LogP contribution is -2.58. The molecule has 1 nitrogen and oxygen atoms in total. The van der Waals surface area contributed by atoms with Crippen molar-refractivity contribution in [1.29, 1.82) is 0 Å². The van der Waals surface area contributed by atoms with Gasteiger partial charge >= 0.3 is 0 Å². The third-order valence-corrected chi connectivity index (χ3v) is 7.34. The first-order valence-corrected chi connectivity index (χ1v) is 11.0. The molecular weight excluding hydrogens is 282 g/mol. The summed E-state index contributed by atoms with van der Waals surface area (Å²) in [7, 11) is -1.54. The first-order chi connectivity index (χ1) is 10.1. The van der Waals surface area contributed by atoms with Gasteiger partial charge in [0.1, 0.15) is 8.24 Å². The molecule has 0 amide bonds. The molecule has 0 fully saturated rings. The number of benzene rings is 1. The van der Waals surface area contributed by atoms with E-state index in [1.54, 1.807) is 12.2 Å². The van der Waals surface area contributed by atoms with E-state index in [4.69, 9.17) is 0 Å². The van der Waals surface area contributed by atoms with Crippen molar-refractivity contribution in [3.63, 3.8) is 0 Å². The van der Waals surface area contributed by atoms with Gasteiger partial charge in [-0.15, -0.1) is 0 Å².